The third-order valence-corrected chi connectivity index (χ3v) is 7.32. The highest BCUT2D eigenvalue weighted by Crippen LogP contribution is 2.39. The quantitative estimate of drug-likeness (QED) is 0.612. The Labute approximate surface area is 195 Å². The molecule has 1 aliphatic carbocycles. The molecule has 1 fully saturated rings. The van der Waals surface area contributed by atoms with Crippen LogP contribution in [0.3, 0.4) is 0 Å². The first-order valence-corrected chi connectivity index (χ1v) is 12.4. The van der Waals surface area contributed by atoms with Gasteiger partial charge in [0, 0.05) is 36.3 Å². The Morgan fingerprint density at radius 1 is 1.12 bits per heavy atom. The van der Waals surface area contributed by atoms with E-state index in [4.69, 9.17) is 0 Å². The average Bonchev–Trinajstić information content (AvgIpc) is 3.54. The van der Waals surface area contributed by atoms with Crippen LogP contribution in [-0.2, 0) is 32.2 Å². The second-order valence-corrected chi connectivity index (χ2v) is 10.4. The molecule has 2 amide bonds. The Morgan fingerprint density at radius 2 is 1.85 bits per heavy atom. The number of nitrogens with zero attached hydrogens (tertiary/aromatic N) is 1. The molecule has 7 nitrogen and oxygen atoms in total. The van der Waals surface area contributed by atoms with E-state index in [9.17, 15) is 31.2 Å². The Hall–Kier alpha value is -2.92. The number of halogens is 3. The van der Waals surface area contributed by atoms with E-state index in [1.165, 1.54) is 24.3 Å². The smallest absolute Gasteiger partial charge is 0.326 e. The van der Waals surface area contributed by atoms with Crippen molar-refractivity contribution in [3.63, 3.8) is 0 Å². The molecule has 11 heteroatoms. The lowest BCUT2D eigenvalue weighted by atomic mass is 10.1. The minimum atomic E-state index is -4.54. The third-order valence-electron chi connectivity index (χ3n) is 5.86. The monoisotopic (exact) mass is 495 g/mol. The van der Waals surface area contributed by atoms with Crippen molar-refractivity contribution in [3.05, 3.63) is 53.6 Å². The summed E-state index contributed by atoms with van der Waals surface area (Å²) >= 11 is 0. The summed E-state index contributed by atoms with van der Waals surface area (Å²) in [5.74, 6) is -0.494. The third kappa shape index (κ3) is 5.25. The molecule has 4 rings (SSSR count). The minimum Gasteiger partial charge on any atom is -0.326 e. The number of carbonyl (C=O) groups excluding carboxylic acids is 2. The summed E-state index contributed by atoms with van der Waals surface area (Å²) in [4.78, 5) is 26.4. The Balaban J connectivity index is 1.35. The summed E-state index contributed by atoms with van der Waals surface area (Å²) < 4.78 is 66.1. The SMILES string of the molecule is CC1Cc2cc(S(=O)(=O)NCCC(=O)Nc3cccc(C(F)(F)F)c3)ccc2N1C(=O)C1CC1. The molecule has 0 spiro atoms. The number of rotatable bonds is 7. The van der Waals surface area contributed by atoms with E-state index in [0.29, 0.717) is 6.42 Å². The molecule has 0 bridgehead atoms. The van der Waals surface area contributed by atoms with Gasteiger partial charge in [0.25, 0.3) is 0 Å². The zero-order chi connectivity index (χ0) is 24.7. The first kappa shape index (κ1) is 24.2. The molecule has 0 radical (unpaired) electrons. The van der Waals surface area contributed by atoms with E-state index in [1.54, 1.807) is 11.0 Å². The standard InChI is InChI=1S/C23H24F3N3O4S/c1-14-11-16-12-19(7-8-20(16)29(14)22(31)15-5-6-15)34(32,33)27-10-9-21(30)28-18-4-2-3-17(13-18)23(24,25)26/h2-4,7-8,12-15,27H,5-6,9-11H2,1H3,(H,28,30). The van der Waals surface area contributed by atoms with Crippen molar-refractivity contribution in [1.82, 2.24) is 4.72 Å². The van der Waals surface area contributed by atoms with Gasteiger partial charge < -0.3 is 10.2 Å². The fourth-order valence-electron chi connectivity index (χ4n) is 4.02. The van der Waals surface area contributed by atoms with Gasteiger partial charge >= 0.3 is 6.18 Å². The van der Waals surface area contributed by atoms with Gasteiger partial charge in [0.15, 0.2) is 0 Å². The molecule has 2 aliphatic rings. The summed E-state index contributed by atoms with van der Waals surface area (Å²) in [6.45, 7) is 1.70. The molecule has 1 atom stereocenters. The number of carbonyl (C=O) groups is 2. The van der Waals surface area contributed by atoms with Crippen LogP contribution >= 0.6 is 0 Å². The van der Waals surface area contributed by atoms with Crippen LogP contribution in [0.25, 0.3) is 0 Å². The zero-order valence-electron chi connectivity index (χ0n) is 18.4. The first-order valence-electron chi connectivity index (χ1n) is 10.9. The number of fused-ring (bicyclic) bond motifs is 1. The molecule has 2 aromatic rings. The van der Waals surface area contributed by atoms with E-state index in [0.717, 1.165) is 36.2 Å². The summed E-state index contributed by atoms with van der Waals surface area (Å²) in [6.07, 6.45) is -2.48. The molecule has 1 saturated carbocycles. The molecule has 1 aliphatic heterocycles. The number of anilines is 2. The van der Waals surface area contributed by atoms with Gasteiger partial charge in [0.1, 0.15) is 0 Å². The highest BCUT2D eigenvalue weighted by Gasteiger charge is 2.39. The van der Waals surface area contributed by atoms with Gasteiger partial charge in [-0.05, 0) is 68.1 Å². The minimum absolute atomic E-state index is 0.0254. The lowest BCUT2D eigenvalue weighted by Crippen LogP contribution is -2.36. The average molecular weight is 496 g/mol. The van der Waals surface area contributed by atoms with Crippen LogP contribution in [0, 0.1) is 5.92 Å². The van der Waals surface area contributed by atoms with Gasteiger partial charge in [0.05, 0.1) is 10.5 Å². The lowest BCUT2D eigenvalue weighted by Gasteiger charge is -2.22. The maximum absolute atomic E-state index is 12.8. The Morgan fingerprint density at radius 3 is 2.53 bits per heavy atom. The van der Waals surface area contributed by atoms with Crippen molar-refractivity contribution in [2.45, 2.75) is 49.7 Å². The van der Waals surface area contributed by atoms with E-state index in [-0.39, 0.29) is 41.4 Å². The van der Waals surface area contributed by atoms with Crippen LogP contribution in [-0.4, -0.2) is 32.8 Å². The van der Waals surface area contributed by atoms with E-state index in [2.05, 4.69) is 10.0 Å². The van der Waals surface area contributed by atoms with Crippen molar-refractivity contribution in [1.29, 1.82) is 0 Å². The van der Waals surface area contributed by atoms with Crippen molar-refractivity contribution >= 4 is 33.2 Å². The van der Waals surface area contributed by atoms with E-state index >= 15 is 0 Å². The van der Waals surface area contributed by atoms with Crippen molar-refractivity contribution in [2.75, 3.05) is 16.8 Å². The lowest BCUT2D eigenvalue weighted by molar-refractivity contribution is -0.137. The van der Waals surface area contributed by atoms with Crippen LogP contribution < -0.4 is 14.9 Å². The molecule has 1 unspecified atom stereocenters. The normalized spacial score (nSPS) is 18.0. The number of sulfonamides is 1. The molecular weight excluding hydrogens is 471 g/mol. The number of benzene rings is 2. The predicted octanol–water partition coefficient (Wildman–Crippen LogP) is 3.70. The maximum Gasteiger partial charge on any atom is 0.416 e. The highest BCUT2D eigenvalue weighted by molar-refractivity contribution is 7.89. The summed E-state index contributed by atoms with van der Waals surface area (Å²) in [5.41, 5.74) is 0.575. The number of alkyl halides is 3. The summed E-state index contributed by atoms with van der Waals surface area (Å²) in [7, 11) is -3.92. The topological polar surface area (TPSA) is 95.6 Å². The van der Waals surface area contributed by atoms with Crippen molar-refractivity contribution in [3.8, 4) is 0 Å². The summed E-state index contributed by atoms with van der Waals surface area (Å²) in [5, 5.41) is 2.34. The van der Waals surface area contributed by atoms with Gasteiger partial charge in [0.2, 0.25) is 21.8 Å². The van der Waals surface area contributed by atoms with E-state index < -0.39 is 27.7 Å². The van der Waals surface area contributed by atoms with Gasteiger partial charge in [-0.2, -0.15) is 13.2 Å². The number of amides is 2. The number of hydrogen-bond acceptors (Lipinski definition) is 4. The van der Waals surface area contributed by atoms with E-state index in [1.807, 2.05) is 6.92 Å². The van der Waals surface area contributed by atoms with Crippen molar-refractivity contribution in [2.24, 2.45) is 5.92 Å². The predicted molar refractivity (Wildman–Crippen MR) is 120 cm³/mol. The van der Waals surface area contributed by atoms with Crippen molar-refractivity contribution < 1.29 is 31.2 Å². The molecule has 182 valence electrons. The van der Waals surface area contributed by atoms with Gasteiger partial charge in [-0.25, -0.2) is 13.1 Å². The van der Waals surface area contributed by atoms with Crippen LogP contribution in [0.5, 0.6) is 0 Å². The molecule has 2 aromatic carbocycles. The fourth-order valence-corrected chi connectivity index (χ4v) is 5.10. The largest absolute Gasteiger partial charge is 0.416 e. The molecule has 1 heterocycles. The number of nitrogens with one attached hydrogen (secondary N) is 2. The zero-order valence-corrected chi connectivity index (χ0v) is 19.2. The number of hydrogen-bond donors (Lipinski definition) is 2. The second-order valence-electron chi connectivity index (χ2n) is 8.60. The van der Waals surface area contributed by atoms with Crippen LogP contribution in [0.1, 0.15) is 37.3 Å². The van der Waals surface area contributed by atoms with Gasteiger partial charge in [-0.3, -0.25) is 9.59 Å². The Bertz CT molecular complexity index is 1230. The molecule has 0 saturated heterocycles. The van der Waals surface area contributed by atoms with Crippen LogP contribution in [0.15, 0.2) is 47.4 Å². The first-order chi connectivity index (χ1) is 16.0. The highest BCUT2D eigenvalue weighted by atomic mass is 32.2. The van der Waals surface area contributed by atoms with Gasteiger partial charge in [-0.15, -0.1) is 0 Å². The van der Waals surface area contributed by atoms with Gasteiger partial charge in [-0.1, -0.05) is 6.07 Å². The maximum atomic E-state index is 12.8. The summed E-state index contributed by atoms with van der Waals surface area (Å²) in [6, 6.07) is 8.75. The Kier molecular flexibility index (Phi) is 6.43. The van der Waals surface area contributed by atoms with Crippen LogP contribution in [0.2, 0.25) is 0 Å². The molecule has 2 N–H and O–H groups in total. The van der Waals surface area contributed by atoms with Crippen LogP contribution in [0.4, 0.5) is 24.5 Å². The molecule has 34 heavy (non-hydrogen) atoms. The molecule has 0 aromatic heterocycles. The molecular formula is C23H24F3N3O4S. The second kappa shape index (κ2) is 9.03. The fraction of sp³-hybridized carbons (Fsp3) is 0.391.